The van der Waals surface area contributed by atoms with E-state index in [2.05, 4.69) is 10.3 Å². The minimum atomic E-state index is -0.701. The number of nitrogens with one attached hydrogen (secondary N) is 1. The van der Waals surface area contributed by atoms with Gasteiger partial charge in [-0.3, -0.25) is 4.79 Å². The average Bonchev–Trinajstić information content (AvgIpc) is 3.05. The second-order valence-electron chi connectivity index (χ2n) is 11.4. The molecule has 3 aromatic carbocycles. The number of allylic oxidation sites excluding steroid dienone is 1. The summed E-state index contributed by atoms with van der Waals surface area (Å²) < 4.78 is 17.2. The Balaban J connectivity index is 1.53. The van der Waals surface area contributed by atoms with E-state index < -0.39 is 17.7 Å². The summed E-state index contributed by atoms with van der Waals surface area (Å²) in [5.41, 5.74) is 3.61. The molecule has 0 saturated heterocycles. The third-order valence-corrected chi connectivity index (χ3v) is 6.79. The van der Waals surface area contributed by atoms with Gasteiger partial charge in [-0.25, -0.2) is 14.6 Å². The van der Waals surface area contributed by atoms with Crippen LogP contribution in [-0.2, 0) is 29.1 Å². The van der Waals surface area contributed by atoms with Crippen LogP contribution in [0, 0.1) is 0 Å². The highest BCUT2D eigenvalue weighted by molar-refractivity contribution is 5.89. The van der Waals surface area contributed by atoms with Crippen LogP contribution in [0.25, 0.3) is 6.08 Å². The number of hydrogen-bond acceptors (Lipinski definition) is 8. The molecule has 0 bridgehead atoms. The molecule has 0 saturated carbocycles. The molecule has 0 aliphatic carbocycles. The largest absolute Gasteiger partial charge is 0.487 e. The van der Waals surface area contributed by atoms with Gasteiger partial charge in [0.2, 0.25) is 0 Å². The second-order valence-corrected chi connectivity index (χ2v) is 11.4. The Morgan fingerprint density at radius 3 is 2.26 bits per heavy atom. The molecular weight excluding hydrogens is 582 g/mol. The summed E-state index contributed by atoms with van der Waals surface area (Å²) in [5.74, 6) is 0.491. The number of anilines is 1. The molecule has 1 heterocycles. The van der Waals surface area contributed by atoms with Gasteiger partial charge in [-0.05, 0) is 80.3 Å². The molecule has 0 fully saturated rings. The molecule has 46 heavy (non-hydrogen) atoms. The van der Waals surface area contributed by atoms with Crippen molar-refractivity contribution in [3.05, 3.63) is 125 Å². The Labute approximate surface area is 269 Å². The van der Waals surface area contributed by atoms with Crippen molar-refractivity contribution >= 4 is 30.1 Å². The maximum Gasteiger partial charge on any atom is 0.410 e. The Hall–Kier alpha value is -5.44. The van der Waals surface area contributed by atoms with E-state index in [9.17, 15) is 14.4 Å². The molecular formula is C37H39N3O6. The summed E-state index contributed by atoms with van der Waals surface area (Å²) in [6.45, 7) is 6.33. The molecule has 9 nitrogen and oxygen atoms in total. The molecule has 9 heteroatoms. The third kappa shape index (κ3) is 9.79. The molecule has 1 amide bonds. The molecule has 0 spiro atoms. The molecule has 4 aromatic rings. The average molecular weight is 622 g/mol. The van der Waals surface area contributed by atoms with Crippen molar-refractivity contribution in [1.29, 1.82) is 0 Å². The van der Waals surface area contributed by atoms with Gasteiger partial charge in [-0.15, -0.1) is 0 Å². The quantitative estimate of drug-likeness (QED) is 0.0728. The fourth-order valence-electron chi connectivity index (χ4n) is 4.62. The van der Waals surface area contributed by atoms with Crippen LogP contribution < -0.4 is 14.8 Å². The van der Waals surface area contributed by atoms with E-state index in [1.54, 1.807) is 60.6 Å². The van der Waals surface area contributed by atoms with Gasteiger partial charge >= 0.3 is 12.1 Å². The summed E-state index contributed by atoms with van der Waals surface area (Å²) >= 11 is 0. The van der Waals surface area contributed by atoms with Crippen LogP contribution in [0.3, 0.4) is 0 Å². The first-order valence-corrected chi connectivity index (χ1v) is 15.0. The zero-order valence-electron chi connectivity index (χ0n) is 26.6. The molecule has 0 unspecified atom stereocenters. The predicted molar refractivity (Wildman–Crippen MR) is 178 cm³/mol. The first kappa shape index (κ1) is 33.5. The van der Waals surface area contributed by atoms with Gasteiger partial charge in [0.1, 0.15) is 35.7 Å². The highest BCUT2D eigenvalue weighted by Crippen LogP contribution is 2.33. The van der Waals surface area contributed by atoms with Crippen LogP contribution in [-0.4, -0.2) is 47.4 Å². The van der Waals surface area contributed by atoms with Gasteiger partial charge in [0.25, 0.3) is 0 Å². The number of rotatable bonds is 13. The molecule has 0 radical (unpaired) electrons. The normalized spacial score (nSPS) is 11.1. The number of nitrogens with zero attached hydrogens (tertiary/aromatic N) is 2. The van der Waals surface area contributed by atoms with Crippen molar-refractivity contribution < 1.29 is 28.6 Å². The number of benzene rings is 3. The van der Waals surface area contributed by atoms with Crippen LogP contribution in [0.2, 0.25) is 0 Å². The van der Waals surface area contributed by atoms with Gasteiger partial charge in [-0.1, -0.05) is 60.7 Å². The Morgan fingerprint density at radius 2 is 1.63 bits per heavy atom. The van der Waals surface area contributed by atoms with E-state index in [4.69, 9.17) is 14.2 Å². The zero-order chi connectivity index (χ0) is 32.9. The highest BCUT2D eigenvalue weighted by atomic mass is 16.6. The summed E-state index contributed by atoms with van der Waals surface area (Å²) in [4.78, 5) is 43.1. The molecule has 1 aromatic heterocycles. The third-order valence-electron chi connectivity index (χ3n) is 6.79. The zero-order valence-corrected chi connectivity index (χ0v) is 26.6. The number of para-hydroxylation sites is 1. The summed E-state index contributed by atoms with van der Waals surface area (Å²) in [6.07, 6.45) is 5.41. The number of ether oxygens (including phenoxy) is 3. The summed E-state index contributed by atoms with van der Waals surface area (Å²) in [6, 6.07) is 25.8. The van der Waals surface area contributed by atoms with Crippen molar-refractivity contribution in [1.82, 2.24) is 9.88 Å². The van der Waals surface area contributed by atoms with Crippen molar-refractivity contribution in [2.75, 3.05) is 18.9 Å². The van der Waals surface area contributed by atoms with Crippen molar-refractivity contribution in [2.45, 2.75) is 45.9 Å². The van der Waals surface area contributed by atoms with Gasteiger partial charge < -0.3 is 24.4 Å². The maximum absolute atomic E-state index is 13.3. The van der Waals surface area contributed by atoms with Crippen LogP contribution in [0.5, 0.6) is 11.5 Å². The van der Waals surface area contributed by atoms with Gasteiger partial charge in [-0.2, -0.15) is 0 Å². The van der Waals surface area contributed by atoms with Crippen LogP contribution in [0.15, 0.2) is 97.2 Å². The summed E-state index contributed by atoms with van der Waals surface area (Å²) in [5, 5.41) is 3.22. The van der Waals surface area contributed by atoms with Crippen LogP contribution in [0.4, 0.5) is 10.5 Å². The standard InChI is InChI=1S/C37H39N3O6/c1-37(2,3)46-36(43)40(25-28-17-19-32(39-24-28)35(42)45-30-14-9-6-10-15-30)22-21-29-18-20-33(34(38-4)31(29)16-11-23-41)44-26-27-12-7-5-8-13-27/h5-20,23-24,38H,21-22,25-26H2,1-4H3/b16-11-. The van der Waals surface area contributed by atoms with E-state index in [-0.39, 0.29) is 12.2 Å². The molecule has 238 valence electrons. The lowest BCUT2D eigenvalue weighted by Gasteiger charge is -2.28. The highest BCUT2D eigenvalue weighted by Gasteiger charge is 2.23. The predicted octanol–water partition coefficient (Wildman–Crippen LogP) is 7.11. The van der Waals surface area contributed by atoms with Gasteiger partial charge in [0.15, 0.2) is 0 Å². The Morgan fingerprint density at radius 1 is 0.913 bits per heavy atom. The van der Waals surface area contributed by atoms with Crippen LogP contribution >= 0.6 is 0 Å². The minimum absolute atomic E-state index is 0.150. The lowest BCUT2D eigenvalue weighted by Crippen LogP contribution is -2.37. The number of aldehydes is 1. The van der Waals surface area contributed by atoms with E-state index in [1.165, 1.54) is 6.08 Å². The summed E-state index contributed by atoms with van der Waals surface area (Å²) in [7, 11) is 1.80. The fraction of sp³-hybridized carbons (Fsp3) is 0.243. The van der Waals surface area contributed by atoms with Crippen LogP contribution in [0.1, 0.15) is 53.5 Å². The number of esters is 1. The maximum atomic E-state index is 13.3. The first-order chi connectivity index (χ1) is 22.2. The molecule has 4 rings (SSSR count). The van der Waals surface area contributed by atoms with Crippen molar-refractivity contribution in [3.8, 4) is 11.5 Å². The lowest BCUT2D eigenvalue weighted by molar-refractivity contribution is -0.104. The van der Waals surface area contributed by atoms with E-state index >= 15 is 0 Å². The van der Waals surface area contributed by atoms with E-state index in [0.717, 1.165) is 28.7 Å². The van der Waals surface area contributed by atoms with E-state index in [1.807, 2.05) is 69.3 Å². The topological polar surface area (TPSA) is 107 Å². The molecule has 0 aliphatic rings. The molecule has 1 N–H and O–H groups in total. The second kappa shape index (κ2) is 16.0. The number of pyridine rings is 1. The first-order valence-electron chi connectivity index (χ1n) is 15.0. The Bertz CT molecular complexity index is 1630. The fourth-order valence-corrected chi connectivity index (χ4v) is 4.62. The minimum Gasteiger partial charge on any atom is -0.487 e. The van der Waals surface area contributed by atoms with Gasteiger partial charge in [0, 0.05) is 25.4 Å². The molecule has 0 atom stereocenters. The lowest BCUT2D eigenvalue weighted by atomic mass is 10.0. The van der Waals surface area contributed by atoms with Crippen molar-refractivity contribution in [2.24, 2.45) is 0 Å². The molecule has 0 aliphatic heterocycles. The number of aromatic nitrogens is 1. The number of amides is 1. The Kier molecular flexibility index (Phi) is 11.7. The number of hydrogen-bond donors (Lipinski definition) is 1. The van der Waals surface area contributed by atoms with E-state index in [0.29, 0.717) is 36.6 Å². The smallest absolute Gasteiger partial charge is 0.410 e. The number of carbonyl (C=O) groups excluding carboxylic acids is 3. The number of carbonyl (C=O) groups is 3. The van der Waals surface area contributed by atoms with Gasteiger partial charge in [0.05, 0.1) is 12.2 Å². The SMILES string of the molecule is CNc1c(OCc2ccccc2)ccc(CCN(Cc2ccc(C(=O)Oc3ccccc3)nc2)C(=O)OC(C)(C)C)c1/C=C\C=O. The monoisotopic (exact) mass is 621 g/mol. The van der Waals surface area contributed by atoms with Crippen molar-refractivity contribution in [3.63, 3.8) is 0 Å².